The van der Waals surface area contributed by atoms with Crippen LogP contribution in [0.3, 0.4) is 0 Å². The fourth-order valence-electron chi connectivity index (χ4n) is 2.60. The van der Waals surface area contributed by atoms with Crippen LogP contribution in [0.1, 0.15) is 50.9 Å². The van der Waals surface area contributed by atoms with E-state index in [1.54, 1.807) is 0 Å². The van der Waals surface area contributed by atoms with Crippen molar-refractivity contribution in [1.29, 1.82) is 0 Å². The van der Waals surface area contributed by atoms with Crippen molar-refractivity contribution in [2.24, 2.45) is 18.8 Å². The predicted molar refractivity (Wildman–Crippen MR) is 76.1 cm³/mol. The first-order valence-electron chi connectivity index (χ1n) is 7.07. The zero-order chi connectivity index (χ0) is 13.5. The maximum absolute atomic E-state index is 5.75. The molecule has 0 aliphatic heterocycles. The molecule has 18 heavy (non-hydrogen) atoms. The van der Waals surface area contributed by atoms with E-state index < -0.39 is 0 Å². The molecule has 0 aromatic carbocycles. The summed E-state index contributed by atoms with van der Waals surface area (Å²) in [5, 5.41) is 4.39. The first-order valence-corrected chi connectivity index (χ1v) is 7.07. The zero-order valence-corrected chi connectivity index (χ0v) is 12.2. The lowest BCUT2D eigenvalue weighted by Crippen LogP contribution is -2.42. The number of hydrogen-bond acceptors (Lipinski definition) is 3. The van der Waals surface area contributed by atoms with Crippen LogP contribution in [-0.4, -0.2) is 15.8 Å². The molecule has 1 aromatic rings. The van der Waals surface area contributed by atoms with Gasteiger partial charge in [0.2, 0.25) is 0 Å². The van der Waals surface area contributed by atoms with Gasteiger partial charge in [-0.25, -0.2) is 0 Å². The van der Waals surface area contributed by atoms with Crippen molar-refractivity contribution in [1.82, 2.24) is 15.2 Å². The van der Waals surface area contributed by atoms with Gasteiger partial charge in [0.25, 0.3) is 0 Å². The van der Waals surface area contributed by atoms with Crippen LogP contribution in [0.25, 0.3) is 0 Å². The molecule has 104 valence electrons. The minimum atomic E-state index is 0.344. The maximum atomic E-state index is 5.75. The Bertz CT molecular complexity index is 346. The second-order valence-corrected chi connectivity index (χ2v) is 5.19. The molecule has 0 fully saturated rings. The standard InChI is InChI=1S/C14H28N4/c1-5-7-8-12(6-2)14(16-15)10-13-9-11(3)17-18(13)4/h9,12,14,16H,5-8,10,15H2,1-4H3. The van der Waals surface area contributed by atoms with Crippen LogP contribution in [0.5, 0.6) is 0 Å². The number of rotatable bonds is 8. The average Bonchev–Trinajstić information content (AvgIpc) is 2.67. The Hall–Kier alpha value is -0.870. The summed E-state index contributed by atoms with van der Waals surface area (Å²) >= 11 is 0. The van der Waals surface area contributed by atoms with Crippen molar-refractivity contribution in [3.05, 3.63) is 17.5 Å². The van der Waals surface area contributed by atoms with Crippen molar-refractivity contribution in [2.45, 2.75) is 58.9 Å². The molecule has 0 radical (unpaired) electrons. The lowest BCUT2D eigenvalue weighted by Gasteiger charge is -2.25. The zero-order valence-electron chi connectivity index (χ0n) is 12.2. The van der Waals surface area contributed by atoms with Gasteiger partial charge in [0.1, 0.15) is 0 Å². The molecule has 2 atom stereocenters. The number of nitrogens with two attached hydrogens (primary N) is 1. The quantitative estimate of drug-likeness (QED) is 0.551. The van der Waals surface area contributed by atoms with E-state index in [0.717, 1.165) is 12.1 Å². The van der Waals surface area contributed by atoms with Gasteiger partial charge < -0.3 is 0 Å². The Morgan fingerprint density at radius 2 is 2.17 bits per heavy atom. The number of hydrogen-bond donors (Lipinski definition) is 2. The van der Waals surface area contributed by atoms with E-state index in [4.69, 9.17) is 5.84 Å². The second-order valence-electron chi connectivity index (χ2n) is 5.19. The average molecular weight is 252 g/mol. The van der Waals surface area contributed by atoms with E-state index in [2.05, 4.69) is 30.4 Å². The molecule has 4 heteroatoms. The van der Waals surface area contributed by atoms with Gasteiger partial charge in [-0.15, -0.1) is 0 Å². The minimum absolute atomic E-state index is 0.344. The molecule has 0 saturated carbocycles. The Morgan fingerprint density at radius 3 is 2.61 bits per heavy atom. The highest BCUT2D eigenvalue weighted by molar-refractivity contribution is 5.10. The van der Waals surface area contributed by atoms with Crippen LogP contribution in [-0.2, 0) is 13.5 Å². The maximum Gasteiger partial charge on any atom is 0.0596 e. The Morgan fingerprint density at radius 1 is 1.44 bits per heavy atom. The normalized spacial score (nSPS) is 14.7. The summed E-state index contributed by atoms with van der Waals surface area (Å²) < 4.78 is 1.96. The van der Waals surface area contributed by atoms with Gasteiger partial charge in [0, 0.05) is 25.2 Å². The van der Waals surface area contributed by atoms with E-state index in [0.29, 0.717) is 12.0 Å². The topological polar surface area (TPSA) is 55.9 Å². The molecule has 0 aliphatic carbocycles. The SMILES string of the molecule is CCCCC(CC)C(Cc1cc(C)nn1C)NN. The molecule has 1 aromatic heterocycles. The number of unbranched alkanes of at least 4 members (excludes halogenated alkanes) is 1. The van der Waals surface area contributed by atoms with E-state index in [1.165, 1.54) is 31.4 Å². The lowest BCUT2D eigenvalue weighted by molar-refractivity contribution is 0.314. The Kier molecular flexibility index (Phi) is 6.36. The number of hydrazine groups is 1. The molecule has 2 unspecified atom stereocenters. The molecule has 0 bridgehead atoms. The van der Waals surface area contributed by atoms with E-state index in [-0.39, 0.29) is 0 Å². The monoisotopic (exact) mass is 252 g/mol. The third-order valence-electron chi connectivity index (χ3n) is 3.76. The summed E-state index contributed by atoms with van der Waals surface area (Å²) in [6.07, 6.45) is 5.90. The highest BCUT2D eigenvalue weighted by Gasteiger charge is 2.20. The van der Waals surface area contributed by atoms with Crippen molar-refractivity contribution in [3.8, 4) is 0 Å². The van der Waals surface area contributed by atoms with Crippen molar-refractivity contribution in [2.75, 3.05) is 0 Å². The van der Waals surface area contributed by atoms with Crippen molar-refractivity contribution in [3.63, 3.8) is 0 Å². The van der Waals surface area contributed by atoms with Gasteiger partial charge in [-0.2, -0.15) is 5.10 Å². The summed E-state index contributed by atoms with van der Waals surface area (Å²) in [5.41, 5.74) is 5.33. The second kappa shape index (κ2) is 7.54. The van der Waals surface area contributed by atoms with E-state index in [1.807, 2.05) is 18.7 Å². The van der Waals surface area contributed by atoms with Gasteiger partial charge >= 0.3 is 0 Å². The Labute approximate surface area is 111 Å². The van der Waals surface area contributed by atoms with Gasteiger partial charge in [0.05, 0.1) is 5.69 Å². The smallest absolute Gasteiger partial charge is 0.0596 e. The lowest BCUT2D eigenvalue weighted by atomic mass is 9.89. The van der Waals surface area contributed by atoms with Crippen molar-refractivity contribution >= 4 is 0 Å². The molecule has 0 aliphatic rings. The summed E-state index contributed by atoms with van der Waals surface area (Å²) in [6.45, 7) is 6.52. The minimum Gasteiger partial charge on any atom is -0.272 e. The molecule has 1 heterocycles. The van der Waals surface area contributed by atoms with Crippen LogP contribution in [0, 0.1) is 12.8 Å². The molecule has 0 spiro atoms. The number of aryl methyl sites for hydroxylation is 2. The molecular weight excluding hydrogens is 224 g/mol. The number of nitrogens with one attached hydrogen (secondary N) is 1. The predicted octanol–water partition coefficient (Wildman–Crippen LogP) is 2.32. The van der Waals surface area contributed by atoms with E-state index in [9.17, 15) is 0 Å². The molecule has 3 N–H and O–H groups in total. The van der Waals surface area contributed by atoms with Gasteiger partial charge in [0.15, 0.2) is 0 Å². The van der Waals surface area contributed by atoms with Gasteiger partial charge in [-0.3, -0.25) is 16.0 Å². The van der Waals surface area contributed by atoms with Crippen LogP contribution in [0.4, 0.5) is 0 Å². The van der Waals surface area contributed by atoms with Crippen molar-refractivity contribution < 1.29 is 0 Å². The molecular formula is C14H28N4. The van der Waals surface area contributed by atoms with Crippen LogP contribution in [0.15, 0.2) is 6.07 Å². The van der Waals surface area contributed by atoms with Crippen LogP contribution < -0.4 is 11.3 Å². The van der Waals surface area contributed by atoms with Crippen LogP contribution in [0.2, 0.25) is 0 Å². The fraction of sp³-hybridized carbons (Fsp3) is 0.786. The highest BCUT2D eigenvalue weighted by atomic mass is 15.3. The highest BCUT2D eigenvalue weighted by Crippen LogP contribution is 2.20. The third-order valence-corrected chi connectivity index (χ3v) is 3.76. The molecule has 1 rings (SSSR count). The van der Waals surface area contributed by atoms with E-state index >= 15 is 0 Å². The molecule has 0 saturated heterocycles. The number of aromatic nitrogens is 2. The van der Waals surface area contributed by atoms with Crippen LogP contribution >= 0.6 is 0 Å². The summed E-state index contributed by atoms with van der Waals surface area (Å²) in [5.74, 6) is 6.39. The Balaban J connectivity index is 2.67. The summed E-state index contributed by atoms with van der Waals surface area (Å²) in [7, 11) is 2.00. The number of nitrogens with zero attached hydrogens (tertiary/aromatic N) is 2. The third kappa shape index (κ3) is 4.10. The van der Waals surface area contributed by atoms with Gasteiger partial charge in [-0.1, -0.05) is 33.1 Å². The fourth-order valence-corrected chi connectivity index (χ4v) is 2.60. The van der Waals surface area contributed by atoms with Gasteiger partial charge in [-0.05, 0) is 25.3 Å². The first-order chi connectivity index (χ1) is 8.62. The first kappa shape index (κ1) is 15.2. The molecule has 0 amide bonds. The summed E-state index contributed by atoms with van der Waals surface area (Å²) in [4.78, 5) is 0. The summed E-state index contributed by atoms with van der Waals surface area (Å²) in [6, 6.07) is 2.49. The largest absolute Gasteiger partial charge is 0.272 e. The molecule has 4 nitrogen and oxygen atoms in total.